The molecule has 0 fully saturated rings. The van der Waals surface area contributed by atoms with Crippen LogP contribution in [0.15, 0.2) is 41.8 Å². The van der Waals surface area contributed by atoms with Gasteiger partial charge in [-0.15, -0.1) is 11.3 Å². The molecular formula is C13H12N2O2S. The van der Waals surface area contributed by atoms with Crippen LogP contribution in [0.25, 0.3) is 0 Å². The van der Waals surface area contributed by atoms with Crippen LogP contribution in [-0.2, 0) is 4.79 Å². The lowest BCUT2D eigenvalue weighted by molar-refractivity contribution is -0.114. The van der Waals surface area contributed by atoms with E-state index >= 15 is 0 Å². The van der Waals surface area contributed by atoms with Gasteiger partial charge in [-0.05, 0) is 11.4 Å². The van der Waals surface area contributed by atoms with Crippen molar-refractivity contribution < 1.29 is 9.59 Å². The molecule has 1 aromatic carbocycles. The Morgan fingerprint density at radius 2 is 1.89 bits per heavy atom. The van der Waals surface area contributed by atoms with Gasteiger partial charge in [0, 0.05) is 5.56 Å². The quantitative estimate of drug-likeness (QED) is 0.824. The third-order valence-electron chi connectivity index (χ3n) is 2.38. The first-order chi connectivity index (χ1) is 8.72. The second-order valence-corrected chi connectivity index (χ2v) is 4.53. The number of carbonyl (C=O) groups excluding carboxylic acids is 2. The summed E-state index contributed by atoms with van der Waals surface area (Å²) in [6.45, 7) is -0.100. The summed E-state index contributed by atoms with van der Waals surface area (Å²) in [7, 11) is 0. The maximum atomic E-state index is 12.2. The Balaban J connectivity index is 2.27. The minimum atomic E-state index is -0.306. The molecule has 0 aliphatic heterocycles. The van der Waals surface area contributed by atoms with Crippen molar-refractivity contribution in [2.75, 3.05) is 11.9 Å². The van der Waals surface area contributed by atoms with Gasteiger partial charge in [-0.3, -0.25) is 9.59 Å². The third kappa shape index (κ3) is 2.64. The van der Waals surface area contributed by atoms with Gasteiger partial charge in [0.1, 0.15) is 5.00 Å². The highest BCUT2D eigenvalue weighted by Gasteiger charge is 2.15. The Bertz CT molecular complexity index is 563. The highest BCUT2D eigenvalue weighted by Crippen LogP contribution is 2.25. The standard InChI is InChI=1S/C13H12N2O2S/c14-8-11(16)15-13-10(6-7-18-13)12(17)9-4-2-1-3-5-9/h1-7H,8,14H2,(H,15,16). The molecule has 0 saturated heterocycles. The van der Waals surface area contributed by atoms with Crippen LogP contribution in [0.3, 0.4) is 0 Å². The summed E-state index contributed by atoms with van der Waals surface area (Å²) in [5, 5.41) is 4.93. The van der Waals surface area contributed by atoms with Crippen LogP contribution < -0.4 is 11.1 Å². The van der Waals surface area contributed by atoms with Crippen LogP contribution in [0.4, 0.5) is 5.00 Å². The van der Waals surface area contributed by atoms with E-state index in [0.717, 1.165) is 0 Å². The van der Waals surface area contributed by atoms with Crippen LogP contribution >= 0.6 is 11.3 Å². The molecule has 92 valence electrons. The number of benzene rings is 1. The number of anilines is 1. The van der Waals surface area contributed by atoms with Gasteiger partial charge in [0.15, 0.2) is 5.78 Å². The average molecular weight is 260 g/mol. The van der Waals surface area contributed by atoms with Crippen LogP contribution in [0, 0.1) is 0 Å². The van der Waals surface area contributed by atoms with Gasteiger partial charge in [0.2, 0.25) is 5.91 Å². The molecule has 3 N–H and O–H groups in total. The highest BCUT2D eigenvalue weighted by molar-refractivity contribution is 7.14. The molecule has 0 saturated carbocycles. The smallest absolute Gasteiger partial charge is 0.238 e. The number of hydrogen-bond acceptors (Lipinski definition) is 4. The van der Waals surface area contributed by atoms with E-state index in [1.54, 1.807) is 35.7 Å². The molecule has 0 aliphatic carbocycles. The van der Waals surface area contributed by atoms with Gasteiger partial charge in [-0.25, -0.2) is 0 Å². The van der Waals surface area contributed by atoms with Crippen molar-refractivity contribution >= 4 is 28.0 Å². The van der Waals surface area contributed by atoms with Gasteiger partial charge in [-0.1, -0.05) is 30.3 Å². The predicted molar refractivity (Wildman–Crippen MR) is 71.9 cm³/mol. The van der Waals surface area contributed by atoms with Gasteiger partial charge in [0.05, 0.1) is 12.1 Å². The fourth-order valence-corrected chi connectivity index (χ4v) is 2.31. The fourth-order valence-electron chi connectivity index (χ4n) is 1.51. The van der Waals surface area contributed by atoms with E-state index in [0.29, 0.717) is 16.1 Å². The van der Waals surface area contributed by atoms with E-state index in [2.05, 4.69) is 5.32 Å². The number of thiophene rings is 1. The number of carbonyl (C=O) groups is 2. The van der Waals surface area contributed by atoms with E-state index in [4.69, 9.17) is 5.73 Å². The molecule has 5 heteroatoms. The highest BCUT2D eigenvalue weighted by atomic mass is 32.1. The molecule has 2 aromatic rings. The minimum absolute atomic E-state index is 0.100. The predicted octanol–water partition coefficient (Wildman–Crippen LogP) is 1.88. The molecule has 0 unspecified atom stereocenters. The van der Waals surface area contributed by atoms with E-state index in [1.165, 1.54) is 11.3 Å². The van der Waals surface area contributed by atoms with Crippen LogP contribution in [0.2, 0.25) is 0 Å². The topological polar surface area (TPSA) is 72.2 Å². The Morgan fingerprint density at radius 1 is 1.17 bits per heavy atom. The summed E-state index contributed by atoms with van der Waals surface area (Å²) < 4.78 is 0. The van der Waals surface area contributed by atoms with Gasteiger partial charge in [0.25, 0.3) is 0 Å². The van der Waals surface area contributed by atoms with Gasteiger partial charge >= 0.3 is 0 Å². The first-order valence-electron chi connectivity index (χ1n) is 5.39. The van der Waals surface area contributed by atoms with E-state index in [1.807, 2.05) is 6.07 Å². The summed E-state index contributed by atoms with van der Waals surface area (Å²) >= 11 is 1.31. The number of nitrogens with one attached hydrogen (secondary N) is 1. The van der Waals surface area contributed by atoms with Crippen molar-refractivity contribution in [2.24, 2.45) is 5.73 Å². The lowest BCUT2D eigenvalue weighted by Gasteiger charge is -2.04. The zero-order valence-corrected chi connectivity index (χ0v) is 10.4. The van der Waals surface area contributed by atoms with Gasteiger partial charge < -0.3 is 11.1 Å². The van der Waals surface area contributed by atoms with Crippen molar-refractivity contribution in [1.82, 2.24) is 0 Å². The van der Waals surface area contributed by atoms with E-state index < -0.39 is 0 Å². The summed E-state index contributed by atoms with van der Waals surface area (Å²) in [6.07, 6.45) is 0. The lowest BCUT2D eigenvalue weighted by Crippen LogP contribution is -2.22. The molecule has 1 amide bonds. The normalized spacial score (nSPS) is 10.1. The molecule has 4 nitrogen and oxygen atoms in total. The van der Waals surface area contributed by atoms with Crippen LogP contribution in [0.5, 0.6) is 0 Å². The van der Waals surface area contributed by atoms with Crippen molar-refractivity contribution in [3.63, 3.8) is 0 Å². The van der Waals surface area contributed by atoms with Crippen LogP contribution in [0.1, 0.15) is 15.9 Å². The molecule has 0 aliphatic rings. The summed E-state index contributed by atoms with van der Waals surface area (Å²) in [5.74, 6) is -0.413. The third-order valence-corrected chi connectivity index (χ3v) is 3.21. The molecule has 0 radical (unpaired) electrons. The van der Waals surface area contributed by atoms with E-state index in [9.17, 15) is 9.59 Å². The zero-order chi connectivity index (χ0) is 13.0. The number of nitrogens with two attached hydrogens (primary N) is 1. The van der Waals surface area contributed by atoms with Gasteiger partial charge in [-0.2, -0.15) is 0 Å². The Labute approximate surface area is 108 Å². The van der Waals surface area contributed by atoms with Crippen molar-refractivity contribution in [1.29, 1.82) is 0 Å². The second kappa shape index (κ2) is 5.57. The molecule has 18 heavy (non-hydrogen) atoms. The molecule has 0 spiro atoms. The summed E-state index contributed by atoms with van der Waals surface area (Å²) in [5.41, 5.74) is 6.32. The second-order valence-electron chi connectivity index (χ2n) is 3.61. The zero-order valence-electron chi connectivity index (χ0n) is 9.55. The molecule has 1 aromatic heterocycles. The Kier molecular flexibility index (Phi) is 3.86. The monoisotopic (exact) mass is 260 g/mol. The number of amides is 1. The van der Waals surface area contributed by atoms with Crippen molar-refractivity contribution in [3.05, 3.63) is 52.9 Å². The first-order valence-corrected chi connectivity index (χ1v) is 6.27. The fraction of sp³-hybridized carbons (Fsp3) is 0.0769. The maximum Gasteiger partial charge on any atom is 0.238 e. The number of rotatable bonds is 4. The average Bonchev–Trinajstić information content (AvgIpc) is 2.86. The minimum Gasteiger partial charge on any atom is -0.322 e. The summed E-state index contributed by atoms with van der Waals surface area (Å²) in [4.78, 5) is 23.5. The summed E-state index contributed by atoms with van der Waals surface area (Å²) in [6, 6.07) is 10.6. The van der Waals surface area contributed by atoms with Crippen molar-refractivity contribution in [3.8, 4) is 0 Å². The Hall–Kier alpha value is -1.98. The number of ketones is 1. The largest absolute Gasteiger partial charge is 0.322 e. The van der Waals surface area contributed by atoms with Crippen molar-refractivity contribution in [2.45, 2.75) is 0 Å². The van der Waals surface area contributed by atoms with Crippen LogP contribution in [-0.4, -0.2) is 18.2 Å². The molecule has 0 atom stereocenters. The number of hydrogen-bond donors (Lipinski definition) is 2. The lowest BCUT2D eigenvalue weighted by atomic mass is 10.1. The maximum absolute atomic E-state index is 12.2. The Morgan fingerprint density at radius 3 is 2.56 bits per heavy atom. The molecule has 1 heterocycles. The SMILES string of the molecule is NCC(=O)Nc1sccc1C(=O)c1ccccc1. The van der Waals surface area contributed by atoms with E-state index in [-0.39, 0.29) is 18.2 Å². The molecule has 0 bridgehead atoms. The first kappa shape index (κ1) is 12.5. The molecular weight excluding hydrogens is 248 g/mol. The molecule has 2 rings (SSSR count).